The summed E-state index contributed by atoms with van der Waals surface area (Å²) in [6, 6.07) is 5.65. The van der Waals surface area contributed by atoms with E-state index in [1.165, 1.54) is 12.8 Å². The minimum atomic E-state index is -0.0880. The second kappa shape index (κ2) is 6.13. The van der Waals surface area contributed by atoms with Gasteiger partial charge in [0, 0.05) is 25.2 Å². The molecule has 1 saturated heterocycles. The van der Waals surface area contributed by atoms with Crippen LogP contribution in [0.5, 0.6) is 0 Å². The minimum absolute atomic E-state index is 0.0540. The smallest absolute Gasteiger partial charge is 0.146 e. The van der Waals surface area contributed by atoms with Gasteiger partial charge in [0.25, 0.3) is 0 Å². The van der Waals surface area contributed by atoms with Crippen molar-refractivity contribution in [3.05, 3.63) is 29.6 Å². The van der Waals surface area contributed by atoms with Crippen molar-refractivity contribution in [2.24, 2.45) is 5.92 Å². The second-order valence-corrected chi connectivity index (χ2v) is 6.90. The molecular formula is C17H27FN2. The van der Waals surface area contributed by atoms with Crippen molar-refractivity contribution in [1.29, 1.82) is 0 Å². The van der Waals surface area contributed by atoms with E-state index in [4.69, 9.17) is 0 Å². The fourth-order valence-corrected chi connectivity index (χ4v) is 2.67. The van der Waals surface area contributed by atoms with E-state index in [1.807, 2.05) is 12.1 Å². The quantitative estimate of drug-likeness (QED) is 0.897. The predicted molar refractivity (Wildman–Crippen MR) is 83.6 cm³/mol. The zero-order chi connectivity index (χ0) is 14.8. The normalized spacial score (nSPS) is 19.6. The van der Waals surface area contributed by atoms with Crippen molar-refractivity contribution >= 4 is 5.69 Å². The summed E-state index contributed by atoms with van der Waals surface area (Å²) in [5.74, 6) is 0.631. The third kappa shape index (κ3) is 3.95. The minimum Gasteiger partial charge on any atom is -0.369 e. The van der Waals surface area contributed by atoms with E-state index in [2.05, 4.69) is 37.9 Å². The molecule has 112 valence electrons. The van der Waals surface area contributed by atoms with E-state index < -0.39 is 0 Å². The molecule has 1 atom stereocenters. The van der Waals surface area contributed by atoms with Gasteiger partial charge in [0.1, 0.15) is 5.82 Å². The number of hydrogen-bond acceptors (Lipinski definition) is 2. The molecule has 0 bridgehead atoms. The molecule has 1 aromatic rings. The van der Waals surface area contributed by atoms with Crippen LogP contribution >= 0.6 is 0 Å². The van der Waals surface area contributed by atoms with Gasteiger partial charge < -0.3 is 10.2 Å². The number of anilines is 1. The van der Waals surface area contributed by atoms with Crippen molar-refractivity contribution in [1.82, 2.24) is 5.32 Å². The molecule has 0 saturated carbocycles. The Morgan fingerprint density at radius 2 is 2.10 bits per heavy atom. The van der Waals surface area contributed by atoms with E-state index in [-0.39, 0.29) is 11.4 Å². The Bertz CT molecular complexity index is 451. The summed E-state index contributed by atoms with van der Waals surface area (Å²) in [6.07, 6.45) is 2.37. The number of benzene rings is 1. The van der Waals surface area contributed by atoms with E-state index in [9.17, 15) is 4.39 Å². The van der Waals surface area contributed by atoms with Crippen LogP contribution in [-0.2, 0) is 6.54 Å². The lowest BCUT2D eigenvalue weighted by Crippen LogP contribution is -2.35. The molecule has 0 radical (unpaired) electrons. The molecule has 2 rings (SSSR count). The Hall–Kier alpha value is -1.09. The lowest BCUT2D eigenvalue weighted by atomic mass is 10.1. The van der Waals surface area contributed by atoms with Gasteiger partial charge in [0.05, 0.1) is 5.69 Å². The first-order chi connectivity index (χ1) is 9.39. The van der Waals surface area contributed by atoms with E-state index >= 15 is 0 Å². The number of nitrogens with one attached hydrogen (secondary N) is 1. The van der Waals surface area contributed by atoms with Crippen molar-refractivity contribution in [2.75, 3.05) is 18.0 Å². The molecule has 1 N–H and O–H groups in total. The Balaban J connectivity index is 2.03. The molecule has 3 heteroatoms. The molecule has 1 aliphatic heterocycles. The second-order valence-electron chi connectivity index (χ2n) is 6.90. The van der Waals surface area contributed by atoms with E-state index in [0.29, 0.717) is 6.54 Å². The summed E-state index contributed by atoms with van der Waals surface area (Å²) in [7, 11) is 0. The molecule has 1 heterocycles. The zero-order valence-electron chi connectivity index (χ0n) is 13.2. The molecule has 1 unspecified atom stereocenters. The summed E-state index contributed by atoms with van der Waals surface area (Å²) in [6.45, 7) is 11.2. The Morgan fingerprint density at radius 1 is 1.35 bits per heavy atom. The molecular weight excluding hydrogens is 251 g/mol. The fraction of sp³-hybridized carbons (Fsp3) is 0.647. The highest BCUT2D eigenvalue weighted by atomic mass is 19.1. The van der Waals surface area contributed by atoms with Crippen molar-refractivity contribution < 1.29 is 4.39 Å². The zero-order valence-corrected chi connectivity index (χ0v) is 13.2. The van der Waals surface area contributed by atoms with Crippen LogP contribution in [0.1, 0.15) is 46.1 Å². The first-order valence-electron chi connectivity index (χ1n) is 7.67. The lowest BCUT2D eigenvalue weighted by Gasteiger charge is -2.22. The molecule has 2 nitrogen and oxygen atoms in total. The monoisotopic (exact) mass is 278 g/mol. The maximum atomic E-state index is 14.3. The van der Waals surface area contributed by atoms with Gasteiger partial charge in [-0.05, 0) is 50.8 Å². The third-order valence-electron chi connectivity index (χ3n) is 4.04. The molecule has 0 aromatic heterocycles. The average molecular weight is 278 g/mol. The molecule has 0 amide bonds. The van der Waals surface area contributed by atoms with Crippen LogP contribution in [0.25, 0.3) is 0 Å². The molecule has 1 aromatic carbocycles. The molecule has 1 aliphatic rings. The Labute approximate surface area is 122 Å². The first kappa shape index (κ1) is 15.3. The fourth-order valence-electron chi connectivity index (χ4n) is 2.67. The van der Waals surface area contributed by atoms with Crippen LogP contribution in [-0.4, -0.2) is 18.6 Å². The van der Waals surface area contributed by atoms with Gasteiger partial charge in [-0.25, -0.2) is 4.39 Å². The number of hydrogen-bond donors (Lipinski definition) is 1. The van der Waals surface area contributed by atoms with E-state index in [1.54, 1.807) is 6.07 Å². The van der Waals surface area contributed by atoms with Crippen molar-refractivity contribution in [3.8, 4) is 0 Å². The third-order valence-corrected chi connectivity index (χ3v) is 4.04. The highest BCUT2D eigenvalue weighted by molar-refractivity contribution is 5.50. The summed E-state index contributed by atoms with van der Waals surface area (Å²) in [4.78, 5) is 2.18. The standard InChI is InChI=1S/C17H27FN2/c1-5-13-8-9-20(12-13)16-7-6-14(10-15(16)18)11-19-17(2,3)4/h6-7,10,13,19H,5,8-9,11-12H2,1-4H3. The van der Waals surface area contributed by atoms with Crippen LogP contribution in [0.3, 0.4) is 0 Å². The van der Waals surface area contributed by atoms with Crippen molar-refractivity contribution in [3.63, 3.8) is 0 Å². The van der Waals surface area contributed by atoms with E-state index in [0.717, 1.165) is 30.3 Å². The SMILES string of the molecule is CCC1CCN(c2ccc(CNC(C)(C)C)cc2F)C1. The number of rotatable bonds is 4. The highest BCUT2D eigenvalue weighted by Crippen LogP contribution is 2.28. The van der Waals surface area contributed by atoms with Crippen LogP contribution in [0.4, 0.5) is 10.1 Å². The van der Waals surface area contributed by atoms with Gasteiger partial charge in [-0.1, -0.05) is 19.4 Å². The summed E-state index contributed by atoms with van der Waals surface area (Å²) >= 11 is 0. The van der Waals surface area contributed by atoms with Gasteiger partial charge in [-0.3, -0.25) is 0 Å². The molecule has 1 fully saturated rings. The summed E-state index contributed by atoms with van der Waals surface area (Å²) in [5.41, 5.74) is 1.83. The highest BCUT2D eigenvalue weighted by Gasteiger charge is 2.23. The van der Waals surface area contributed by atoms with Crippen LogP contribution in [0.15, 0.2) is 18.2 Å². The van der Waals surface area contributed by atoms with Gasteiger partial charge in [0.2, 0.25) is 0 Å². The predicted octanol–water partition coefficient (Wildman–Crippen LogP) is 3.95. The number of nitrogens with zero attached hydrogens (tertiary/aromatic N) is 1. The van der Waals surface area contributed by atoms with Crippen LogP contribution < -0.4 is 10.2 Å². The lowest BCUT2D eigenvalue weighted by molar-refractivity contribution is 0.423. The maximum Gasteiger partial charge on any atom is 0.146 e. The topological polar surface area (TPSA) is 15.3 Å². The summed E-state index contributed by atoms with van der Waals surface area (Å²) in [5, 5.41) is 3.39. The molecule has 20 heavy (non-hydrogen) atoms. The van der Waals surface area contributed by atoms with Crippen LogP contribution in [0, 0.1) is 11.7 Å². The largest absolute Gasteiger partial charge is 0.369 e. The average Bonchev–Trinajstić information content (AvgIpc) is 2.84. The van der Waals surface area contributed by atoms with Gasteiger partial charge in [-0.15, -0.1) is 0 Å². The Morgan fingerprint density at radius 3 is 2.65 bits per heavy atom. The van der Waals surface area contributed by atoms with Gasteiger partial charge in [0.15, 0.2) is 0 Å². The van der Waals surface area contributed by atoms with Gasteiger partial charge >= 0.3 is 0 Å². The van der Waals surface area contributed by atoms with Crippen molar-refractivity contribution in [2.45, 2.75) is 52.6 Å². The Kier molecular flexibility index (Phi) is 4.69. The number of halogens is 1. The maximum absolute atomic E-state index is 14.3. The van der Waals surface area contributed by atoms with Gasteiger partial charge in [-0.2, -0.15) is 0 Å². The molecule has 0 spiro atoms. The first-order valence-corrected chi connectivity index (χ1v) is 7.67. The van der Waals surface area contributed by atoms with Crippen LogP contribution in [0.2, 0.25) is 0 Å². The molecule has 0 aliphatic carbocycles. The summed E-state index contributed by atoms with van der Waals surface area (Å²) < 4.78 is 14.3.